The lowest BCUT2D eigenvalue weighted by Gasteiger charge is -2.53. The van der Waals surface area contributed by atoms with Crippen LogP contribution in [-0.4, -0.2) is 47.9 Å². The number of hydrogen-bond acceptors (Lipinski definition) is 4. The van der Waals surface area contributed by atoms with E-state index in [4.69, 9.17) is 11.6 Å². The minimum atomic E-state index is -0.456. The molecule has 2 heterocycles. The summed E-state index contributed by atoms with van der Waals surface area (Å²) in [6.07, 6.45) is 2.75. The highest BCUT2D eigenvalue weighted by molar-refractivity contribution is 6.31. The van der Waals surface area contributed by atoms with E-state index in [1.807, 2.05) is 32.1 Å². The van der Waals surface area contributed by atoms with Crippen molar-refractivity contribution in [1.82, 2.24) is 9.88 Å². The van der Waals surface area contributed by atoms with Crippen molar-refractivity contribution in [2.45, 2.75) is 20.3 Å². The second-order valence-electron chi connectivity index (χ2n) is 8.50. The van der Waals surface area contributed by atoms with Crippen LogP contribution in [0.1, 0.15) is 30.8 Å². The maximum Gasteiger partial charge on any atom is 0.272 e. The predicted octanol–water partition coefficient (Wildman–Crippen LogP) is 3.96. The van der Waals surface area contributed by atoms with Gasteiger partial charge < -0.3 is 4.90 Å². The molecule has 0 unspecified atom stereocenters. The third kappa shape index (κ3) is 3.14. The van der Waals surface area contributed by atoms with Gasteiger partial charge in [0.25, 0.3) is 5.91 Å². The van der Waals surface area contributed by atoms with Crippen molar-refractivity contribution >= 4 is 40.9 Å². The summed E-state index contributed by atoms with van der Waals surface area (Å²) < 4.78 is 0. The number of carbonyl (C=O) groups is 2. The third-order valence-electron chi connectivity index (χ3n) is 5.63. The maximum absolute atomic E-state index is 12.9. The topological polar surface area (TPSA) is 62.6 Å². The molecule has 2 aromatic rings. The number of benzene rings is 1. The number of Topliss-reactive ketones (excluding diaryl/α,β-unsaturated/α-hetero) is 1. The lowest BCUT2D eigenvalue weighted by molar-refractivity contribution is -0.127. The summed E-state index contributed by atoms with van der Waals surface area (Å²) in [7, 11) is 0. The lowest BCUT2D eigenvalue weighted by atomic mass is 9.61. The van der Waals surface area contributed by atoms with E-state index in [9.17, 15) is 9.59 Å². The number of aromatic nitrogens is 1. The zero-order chi connectivity index (χ0) is 20.1. The van der Waals surface area contributed by atoms with Gasteiger partial charge in [-0.15, -0.1) is 0 Å². The Morgan fingerprint density at radius 2 is 2.00 bits per heavy atom. The molecule has 0 atom stereocenters. The first-order valence-corrected chi connectivity index (χ1v) is 9.65. The van der Waals surface area contributed by atoms with Crippen molar-refractivity contribution < 1.29 is 9.59 Å². The van der Waals surface area contributed by atoms with Gasteiger partial charge in [0, 0.05) is 39.9 Å². The molecule has 1 aromatic carbocycles. The molecule has 0 radical (unpaired) electrons. The van der Waals surface area contributed by atoms with Crippen molar-refractivity contribution in [3.63, 3.8) is 0 Å². The summed E-state index contributed by atoms with van der Waals surface area (Å²) in [6.45, 7) is 8.93. The number of pyridine rings is 1. The fourth-order valence-electron chi connectivity index (χ4n) is 4.55. The number of halogens is 1. The van der Waals surface area contributed by atoms with Gasteiger partial charge >= 0.3 is 0 Å². The van der Waals surface area contributed by atoms with Crippen LogP contribution in [0.15, 0.2) is 47.0 Å². The van der Waals surface area contributed by atoms with Crippen LogP contribution in [0.3, 0.4) is 0 Å². The van der Waals surface area contributed by atoms with E-state index < -0.39 is 5.41 Å². The predicted molar refractivity (Wildman–Crippen MR) is 111 cm³/mol. The number of carbonyl (C=O) groups excluding carboxylic acids is 2. The molecule has 0 N–H and O–H groups in total. The molecule has 1 aromatic heterocycles. The molecular weight excluding hydrogens is 374 g/mol. The average molecular weight is 396 g/mol. The van der Waals surface area contributed by atoms with Crippen LogP contribution < -0.4 is 0 Å². The Kier molecular flexibility index (Phi) is 4.38. The van der Waals surface area contributed by atoms with E-state index in [1.165, 1.54) is 0 Å². The molecule has 6 heteroatoms. The van der Waals surface area contributed by atoms with Crippen LogP contribution in [0.4, 0.5) is 0 Å². The number of likely N-dealkylation sites (tertiary alicyclic amines) is 1. The second-order valence-corrected chi connectivity index (χ2v) is 8.93. The molecule has 0 saturated carbocycles. The molecular formula is C22H22ClN3O2. The van der Waals surface area contributed by atoms with Crippen LogP contribution >= 0.6 is 11.6 Å². The molecule has 1 saturated heterocycles. The number of fused-ring (bicyclic) bond motifs is 1. The van der Waals surface area contributed by atoms with Crippen LogP contribution in [0.5, 0.6) is 0 Å². The number of ketones is 1. The summed E-state index contributed by atoms with van der Waals surface area (Å²) in [4.78, 5) is 35.7. The van der Waals surface area contributed by atoms with Gasteiger partial charge in [-0.1, -0.05) is 43.7 Å². The SMILES string of the molecule is C=NCC1=CC2(CN(C(=O)c3ccc4ccc(Cl)cc4n3)C2)CC(C)(C)C1=O. The Bertz CT molecular complexity index is 1040. The smallest absolute Gasteiger partial charge is 0.272 e. The number of amides is 1. The van der Waals surface area contributed by atoms with Gasteiger partial charge in [0.05, 0.1) is 12.1 Å². The van der Waals surface area contributed by atoms with Gasteiger partial charge in [-0.3, -0.25) is 14.6 Å². The van der Waals surface area contributed by atoms with Gasteiger partial charge in [-0.25, -0.2) is 4.98 Å². The first-order valence-electron chi connectivity index (χ1n) is 9.28. The minimum absolute atomic E-state index is 0.0981. The zero-order valence-corrected chi connectivity index (χ0v) is 16.8. The van der Waals surface area contributed by atoms with Crippen molar-refractivity contribution in [2.75, 3.05) is 19.6 Å². The molecule has 1 fully saturated rings. The lowest BCUT2D eigenvalue weighted by Crippen LogP contribution is -2.61. The van der Waals surface area contributed by atoms with Crippen LogP contribution in [0.2, 0.25) is 5.02 Å². The van der Waals surface area contributed by atoms with E-state index in [2.05, 4.69) is 16.7 Å². The Morgan fingerprint density at radius 3 is 2.71 bits per heavy atom. The van der Waals surface area contributed by atoms with Crippen molar-refractivity contribution in [3.05, 3.63) is 52.7 Å². The normalized spacial score (nSPS) is 20.0. The summed E-state index contributed by atoms with van der Waals surface area (Å²) in [5.41, 5.74) is 1.19. The fourth-order valence-corrected chi connectivity index (χ4v) is 4.72. The first kappa shape index (κ1) is 18.8. The van der Waals surface area contributed by atoms with Gasteiger partial charge in [0.2, 0.25) is 0 Å². The van der Waals surface area contributed by atoms with E-state index in [-0.39, 0.29) is 17.1 Å². The molecule has 5 nitrogen and oxygen atoms in total. The average Bonchev–Trinajstić information content (AvgIpc) is 2.62. The Hall–Kier alpha value is -2.53. The number of aliphatic imine (C=N–C) groups is 1. The highest BCUT2D eigenvalue weighted by Gasteiger charge is 2.52. The Labute approximate surface area is 169 Å². The quantitative estimate of drug-likeness (QED) is 0.739. The molecule has 144 valence electrons. The van der Waals surface area contributed by atoms with E-state index in [0.717, 1.165) is 11.8 Å². The van der Waals surface area contributed by atoms with Gasteiger partial charge in [-0.05, 0) is 31.3 Å². The van der Waals surface area contributed by atoms with E-state index >= 15 is 0 Å². The van der Waals surface area contributed by atoms with Gasteiger partial charge in [0.1, 0.15) is 5.69 Å². The molecule has 28 heavy (non-hydrogen) atoms. The number of hydrogen-bond donors (Lipinski definition) is 0. The third-order valence-corrected chi connectivity index (χ3v) is 5.87. The second kappa shape index (κ2) is 6.52. The van der Waals surface area contributed by atoms with Gasteiger partial charge in [0.15, 0.2) is 5.78 Å². The Balaban J connectivity index is 1.56. The van der Waals surface area contributed by atoms with Crippen molar-refractivity contribution in [2.24, 2.45) is 15.8 Å². The zero-order valence-electron chi connectivity index (χ0n) is 16.0. The minimum Gasteiger partial charge on any atom is -0.335 e. The molecule has 2 aliphatic rings. The molecule has 1 aliphatic heterocycles. The fraction of sp³-hybridized carbons (Fsp3) is 0.364. The summed E-state index contributed by atoms with van der Waals surface area (Å²) in [6, 6.07) is 9.09. The molecule has 4 rings (SSSR count). The monoisotopic (exact) mass is 395 g/mol. The van der Waals surface area contributed by atoms with Crippen LogP contribution in [-0.2, 0) is 4.79 Å². The largest absolute Gasteiger partial charge is 0.335 e. The number of nitrogens with zero attached hydrogens (tertiary/aromatic N) is 3. The van der Waals surface area contributed by atoms with E-state index in [1.54, 1.807) is 23.1 Å². The van der Waals surface area contributed by atoms with Crippen LogP contribution in [0, 0.1) is 10.8 Å². The Morgan fingerprint density at radius 1 is 1.29 bits per heavy atom. The molecule has 1 spiro atoms. The van der Waals surface area contributed by atoms with Crippen molar-refractivity contribution in [3.8, 4) is 0 Å². The maximum atomic E-state index is 12.9. The highest BCUT2D eigenvalue weighted by Crippen LogP contribution is 2.48. The van der Waals surface area contributed by atoms with E-state index in [0.29, 0.717) is 41.4 Å². The van der Waals surface area contributed by atoms with Gasteiger partial charge in [-0.2, -0.15) is 0 Å². The first-order chi connectivity index (χ1) is 13.2. The molecule has 0 bridgehead atoms. The standard InChI is InChI=1S/C22H22ClN3O2/c1-21(2)11-22(9-15(10-24-3)19(21)27)12-26(13-22)20(28)17-7-5-14-4-6-16(23)8-18(14)25-17/h4-9H,3,10-13H2,1-2H3. The van der Waals surface area contributed by atoms with Crippen LogP contribution in [0.25, 0.3) is 10.9 Å². The molecule has 1 amide bonds. The highest BCUT2D eigenvalue weighted by atomic mass is 35.5. The summed E-state index contributed by atoms with van der Waals surface area (Å²) in [5, 5.41) is 1.54. The summed E-state index contributed by atoms with van der Waals surface area (Å²) in [5.74, 6) is 0.0300. The molecule has 1 aliphatic carbocycles. The van der Waals surface area contributed by atoms with Crippen molar-refractivity contribution in [1.29, 1.82) is 0 Å². The number of rotatable bonds is 3. The summed E-state index contributed by atoms with van der Waals surface area (Å²) >= 11 is 6.05.